The van der Waals surface area contributed by atoms with Gasteiger partial charge >= 0.3 is 6.03 Å². The first-order valence-corrected chi connectivity index (χ1v) is 3.57. The summed E-state index contributed by atoms with van der Waals surface area (Å²) in [5.74, 6) is 2.89. The number of amides is 2. The van der Waals surface area contributed by atoms with E-state index in [2.05, 4.69) is 5.92 Å². The first-order valence-electron chi connectivity index (χ1n) is 3.57. The number of carbonyl (C=O) groups excluding carboxylic acids is 1. The van der Waals surface area contributed by atoms with Gasteiger partial charge in [-0.1, -0.05) is 5.92 Å². The van der Waals surface area contributed by atoms with Crippen molar-refractivity contribution < 1.29 is 4.79 Å². The van der Waals surface area contributed by atoms with E-state index >= 15 is 0 Å². The standard InChI is InChI=1S/C8H12N2O/c1-4-7-5-10(6-7)8(11)9(2)3/h1,7H,5-6H2,2-3H3. The number of urea groups is 1. The average molecular weight is 152 g/mol. The molecule has 0 bridgehead atoms. The number of hydrogen-bond donors (Lipinski definition) is 0. The zero-order valence-electron chi connectivity index (χ0n) is 6.87. The summed E-state index contributed by atoms with van der Waals surface area (Å²) >= 11 is 0. The van der Waals surface area contributed by atoms with Crippen LogP contribution in [-0.2, 0) is 0 Å². The van der Waals surface area contributed by atoms with Gasteiger partial charge in [0.2, 0.25) is 0 Å². The van der Waals surface area contributed by atoms with E-state index in [0.717, 1.165) is 0 Å². The SMILES string of the molecule is C#CC1CN(C(=O)N(C)C)C1. The van der Waals surface area contributed by atoms with Crippen molar-refractivity contribution in [3.8, 4) is 12.3 Å². The average Bonchev–Trinajstić information content (AvgIpc) is 1.85. The Kier molecular flexibility index (Phi) is 2.04. The predicted molar refractivity (Wildman–Crippen MR) is 43.0 cm³/mol. The normalized spacial score (nSPS) is 17.0. The zero-order valence-corrected chi connectivity index (χ0v) is 6.87. The lowest BCUT2D eigenvalue weighted by Gasteiger charge is -2.37. The van der Waals surface area contributed by atoms with Crippen LogP contribution in [0.5, 0.6) is 0 Å². The molecule has 1 aliphatic heterocycles. The van der Waals surface area contributed by atoms with Crippen LogP contribution in [-0.4, -0.2) is 43.0 Å². The van der Waals surface area contributed by atoms with Gasteiger partial charge in [-0.15, -0.1) is 6.42 Å². The number of likely N-dealkylation sites (tertiary alicyclic amines) is 1. The largest absolute Gasteiger partial charge is 0.331 e. The summed E-state index contributed by atoms with van der Waals surface area (Å²) in [6.07, 6.45) is 5.17. The minimum absolute atomic E-state index is 0.0523. The van der Waals surface area contributed by atoms with Crippen molar-refractivity contribution in [3.05, 3.63) is 0 Å². The Morgan fingerprint density at radius 3 is 2.55 bits per heavy atom. The fourth-order valence-electron chi connectivity index (χ4n) is 1.02. The maximum Gasteiger partial charge on any atom is 0.319 e. The van der Waals surface area contributed by atoms with Crippen molar-refractivity contribution in [2.75, 3.05) is 27.2 Å². The summed E-state index contributed by atoms with van der Waals surface area (Å²) in [7, 11) is 3.48. The minimum atomic E-state index is 0.0523. The van der Waals surface area contributed by atoms with Gasteiger partial charge in [-0.2, -0.15) is 0 Å². The smallest absolute Gasteiger partial charge is 0.319 e. The molecule has 0 aromatic carbocycles. The highest BCUT2D eigenvalue weighted by Crippen LogP contribution is 2.14. The van der Waals surface area contributed by atoms with Gasteiger partial charge in [0.25, 0.3) is 0 Å². The molecular weight excluding hydrogens is 140 g/mol. The van der Waals surface area contributed by atoms with Gasteiger partial charge < -0.3 is 9.80 Å². The molecule has 60 valence electrons. The molecule has 11 heavy (non-hydrogen) atoms. The second kappa shape index (κ2) is 2.83. The third-order valence-electron chi connectivity index (χ3n) is 1.77. The number of rotatable bonds is 0. The van der Waals surface area contributed by atoms with Crippen molar-refractivity contribution in [1.82, 2.24) is 9.80 Å². The van der Waals surface area contributed by atoms with Crippen molar-refractivity contribution >= 4 is 6.03 Å². The monoisotopic (exact) mass is 152 g/mol. The maximum atomic E-state index is 11.2. The molecular formula is C8H12N2O. The third-order valence-corrected chi connectivity index (χ3v) is 1.77. The van der Waals surface area contributed by atoms with E-state index in [-0.39, 0.29) is 11.9 Å². The van der Waals surface area contributed by atoms with E-state index in [0.29, 0.717) is 13.1 Å². The van der Waals surface area contributed by atoms with E-state index in [4.69, 9.17) is 6.42 Å². The number of nitrogens with zero attached hydrogens (tertiary/aromatic N) is 2. The second-order valence-electron chi connectivity index (χ2n) is 2.95. The summed E-state index contributed by atoms with van der Waals surface area (Å²) in [5.41, 5.74) is 0. The minimum Gasteiger partial charge on any atom is -0.331 e. The summed E-state index contributed by atoms with van der Waals surface area (Å²) in [4.78, 5) is 14.5. The molecule has 2 amide bonds. The zero-order chi connectivity index (χ0) is 8.43. The second-order valence-corrected chi connectivity index (χ2v) is 2.95. The van der Waals surface area contributed by atoms with E-state index in [1.807, 2.05) is 0 Å². The Hall–Kier alpha value is -1.17. The highest BCUT2D eigenvalue weighted by molar-refractivity contribution is 5.74. The van der Waals surface area contributed by atoms with Crippen LogP contribution in [0, 0.1) is 18.3 Å². The number of hydrogen-bond acceptors (Lipinski definition) is 1. The molecule has 0 aromatic rings. The van der Waals surface area contributed by atoms with Crippen molar-refractivity contribution in [2.24, 2.45) is 5.92 Å². The molecule has 3 nitrogen and oxygen atoms in total. The molecule has 1 fully saturated rings. The summed E-state index contributed by atoms with van der Waals surface area (Å²) in [5, 5.41) is 0. The molecule has 0 spiro atoms. The van der Waals surface area contributed by atoms with Crippen LogP contribution >= 0.6 is 0 Å². The van der Waals surface area contributed by atoms with Crippen LogP contribution in [0.4, 0.5) is 4.79 Å². The van der Waals surface area contributed by atoms with Crippen LogP contribution in [0.25, 0.3) is 0 Å². The number of terminal acetylenes is 1. The van der Waals surface area contributed by atoms with Crippen LogP contribution in [0.1, 0.15) is 0 Å². The molecule has 1 aliphatic rings. The lowest BCUT2D eigenvalue weighted by molar-refractivity contribution is 0.122. The van der Waals surface area contributed by atoms with Gasteiger partial charge in [0.05, 0.1) is 5.92 Å². The van der Waals surface area contributed by atoms with Gasteiger partial charge in [-0.05, 0) is 0 Å². The molecule has 0 radical (unpaired) electrons. The molecule has 0 saturated carbocycles. The van der Waals surface area contributed by atoms with E-state index in [1.165, 1.54) is 0 Å². The maximum absolute atomic E-state index is 11.2. The molecule has 1 saturated heterocycles. The van der Waals surface area contributed by atoms with E-state index in [1.54, 1.807) is 23.9 Å². The fourth-order valence-corrected chi connectivity index (χ4v) is 1.02. The lowest BCUT2D eigenvalue weighted by Crippen LogP contribution is -2.52. The fraction of sp³-hybridized carbons (Fsp3) is 0.625. The van der Waals surface area contributed by atoms with Gasteiger partial charge in [0.1, 0.15) is 0 Å². The van der Waals surface area contributed by atoms with Gasteiger partial charge in [-0.3, -0.25) is 0 Å². The summed E-state index contributed by atoms with van der Waals surface area (Å²) in [6, 6.07) is 0.0523. The molecule has 0 atom stereocenters. The Morgan fingerprint density at radius 1 is 1.64 bits per heavy atom. The highest BCUT2D eigenvalue weighted by Gasteiger charge is 2.29. The molecule has 1 heterocycles. The highest BCUT2D eigenvalue weighted by atomic mass is 16.2. The summed E-state index contributed by atoms with van der Waals surface area (Å²) < 4.78 is 0. The van der Waals surface area contributed by atoms with Gasteiger partial charge in [0.15, 0.2) is 0 Å². The van der Waals surface area contributed by atoms with Crippen LogP contribution < -0.4 is 0 Å². The van der Waals surface area contributed by atoms with Gasteiger partial charge in [0, 0.05) is 27.2 Å². The molecule has 0 unspecified atom stereocenters. The van der Waals surface area contributed by atoms with Crippen molar-refractivity contribution in [2.45, 2.75) is 0 Å². The van der Waals surface area contributed by atoms with Crippen molar-refractivity contribution in [3.63, 3.8) is 0 Å². The van der Waals surface area contributed by atoms with Crippen molar-refractivity contribution in [1.29, 1.82) is 0 Å². The van der Waals surface area contributed by atoms with Crippen LogP contribution in [0.15, 0.2) is 0 Å². The Morgan fingerprint density at radius 2 is 2.18 bits per heavy atom. The Bertz CT molecular complexity index is 199. The molecule has 0 aliphatic carbocycles. The molecule has 0 aromatic heterocycles. The summed E-state index contributed by atoms with van der Waals surface area (Å²) in [6.45, 7) is 1.43. The Labute approximate surface area is 67.0 Å². The van der Waals surface area contributed by atoms with Crippen LogP contribution in [0.3, 0.4) is 0 Å². The van der Waals surface area contributed by atoms with Crippen LogP contribution in [0.2, 0.25) is 0 Å². The first-order chi connectivity index (χ1) is 5.15. The molecule has 0 N–H and O–H groups in total. The quantitative estimate of drug-likeness (QED) is 0.456. The number of carbonyl (C=O) groups is 1. The molecule has 1 rings (SSSR count). The first kappa shape index (κ1) is 7.93. The van der Waals surface area contributed by atoms with Gasteiger partial charge in [-0.25, -0.2) is 4.79 Å². The predicted octanol–water partition coefficient (Wildman–Crippen LogP) is 0.233. The third kappa shape index (κ3) is 1.45. The topological polar surface area (TPSA) is 23.6 Å². The van der Waals surface area contributed by atoms with E-state index < -0.39 is 0 Å². The van der Waals surface area contributed by atoms with E-state index in [9.17, 15) is 4.79 Å². The Balaban J connectivity index is 2.34. The lowest BCUT2D eigenvalue weighted by atomic mass is 10.0. The molecule has 3 heteroatoms.